The van der Waals surface area contributed by atoms with Gasteiger partial charge in [0.05, 0.1) is 30.2 Å². The van der Waals surface area contributed by atoms with Crippen molar-refractivity contribution in [2.24, 2.45) is 5.73 Å². The molecule has 0 saturated heterocycles. The van der Waals surface area contributed by atoms with Crippen LogP contribution in [0.25, 0.3) is 0 Å². The summed E-state index contributed by atoms with van der Waals surface area (Å²) in [5, 5.41) is 24.5. The van der Waals surface area contributed by atoms with Gasteiger partial charge in [-0.3, -0.25) is 4.79 Å². The van der Waals surface area contributed by atoms with E-state index in [-0.39, 0.29) is 25.5 Å². The third-order valence-electron chi connectivity index (χ3n) is 5.66. The first-order valence-corrected chi connectivity index (χ1v) is 11.7. The number of nitrogens with one attached hydrogen (secondary N) is 1. The average molecular weight is 492 g/mol. The lowest BCUT2D eigenvalue weighted by atomic mass is 9.98. The largest absolute Gasteiger partial charge is 0.491 e. The minimum Gasteiger partial charge on any atom is -0.491 e. The van der Waals surface area contributed by atoms with E-state index in [0.29, 0.717) is 11.6 Å². The minimum atomic E-state index is -1.13. The summed E-state index contributed by atoms with van der Waals surface area (Å²) in [5.41, 5.74) is 5.24. The number of nitriles is 1. The maximum Gasteiger partial charge on any atom is 0.240 e. The molecule has 0 radical (unpaired) electrons. The summed E-state index contributed by atoms with van der Waals surface area (Å²) >= 11 is 0. The Hall–Kier alpha value is -3.81. The van der Waals surface area contributed by atoms with Crippen LogP contribution in [0.4, 0.5) is 0 Å². The van der Waals surface area contributed by atoms with Crippen LogP contribution in [0, 0.1) is 11.3 Å². The predicted octanol–water partition coefficient (Wildman–Crippen LogP) is 3.05. The van der Waals surface area contributed by atoms with Gasteiger partial charge in [-0.15, -0.1) is 5.10 Å². The maximum atomic E-state index is 12.8. The van der Waals surface area contributed by atoms with Crippen LogP contribution in [0.1, 0.15) is 57.6 Å². The molecule has 0 aliphatic carbocycles. The number of ether oxygens (including phenoxy) is 2. The number of hydrogen-bond acceptors (Lipinski definition) is 8. The summed E-state index contributed by atoms with van der Waals surface area (Å²) in [4.78, 5) is 12.8. The highest BCUT2D eigenvalue weighted by molar-refractivity contribution is 5.85. The lowest BCUT2D eigenvalue weighted by Gasteiger charge is -2.30. The summed E-state index contributed by atoms with van der Waals surface area (Å²) in [7, 11) is 0. The first kappa shape index (κ1) is 26.8. The average Bonchev–Trinajstić information content (AvgIpc) is 3.34. The Labute approximate surface area is 211 Å². The number of rotatable bonds is 12. The second-order valence-electron chi connectivity index (χ2n) is 9.56. The zero-order valence-electron chi connectivity index (χ0n) is 21.1. The molecule has 1 unspecified atom stereocenters. The van der Waals surface area contributed by atoms with Crippen LogP contribution in [0.5, 0.6) is 5.75 Å². The van der Waals surface area contributed by atoms with Crippen molar-refractivity contribution in [3.05, 3.63) is 72.1 Å². The molecule has 0 spiro atoms. The minimum absolute atomic E-state index is 0.0723. The van der Waals surface area contributed by atoms with Gasteiger partial charge in [-0.25, -0.2) is 4.68 Å². The number of benzene rings is 2. The molecule has 1 heterocycles. The van der Waals surface area contributed by atoms with E-state index in [9.17, 15) is 10.1 Å². The molecule has 2 aromatic carbocycles. The molecule has 2 atom stereocenters. The molecular formula is C26H33N7O3. The summed E-state index contributed by atoms with van der Waals surface area (Å²) in [6.45, 7) is 7.36. The topological polar surface area (TPSA) is 141 Å². The van der Waals surface area contributed by atoms with Crippen LogP contribution in [0.2, 0.25) is 0 Å². The fraction of sp³-hybridized carbons (Fsp3) is 0.423. The molecular weight excluding hydrogens is 458 g/mol. The molecule has 3 N–H and O–H groups in total. The summed E-state index contributed by atoms with van der Waals surface area (Å²) in [6, 6.07) is 20.0. The Morgan fingerprint density at radius 1 is 1.08 bits per heavy atom. The third-order valence-corrected chi connectivity index (χ3v) is 5.66. The zero-order valence-corrected chi connectivity index (χ0v) is 21.1. The van der Waals surface area contributed by atoms with Crippen LogP contribution >= 0.6 is 0 Å². The SMILES string of the molecule is CC(C)(N)C(=O)NC(COC(C)(C)c1ccccc1)c1nnnn1[C@H](CC#N)COc1ccccc1. The Bertz CT molecular complexity index is 1150. The van der Waals surface area contributed by atoms with Crippen molar-refractivity contribution in [2.45, 2.75) is 57.3 Å². The number of aromatic nitrogens is 4. The summed E-state index contributed by atoms with van der Waals surface area (Å²) in [6.07, 6.45) is 0.101. The standard InChI is InChI=1S/C26H33N7O3/c1-25(2,28)24(34)29-22(18-36-26(3,4)19-11-7-5-8-12-19)23-30-31-32-33(23)20(15-16-27)17-35-21-13-9-6-10-14-21/h5-14,20,22H,15,17-18,28H2,1-4H3,(H,29,34)/t20-,22?/m1/s1. The molecule has 10 nitrogen and oxygen atoms in total. The lowest BCUT2D eigenvalue weighted by molar-refractivity contribution is -0.127. The summed E-state index contributed by atoms with van der Waals surface area (Å²) < 4.78 is 13.7. The molecule has 36 heavy (non-hydrogen) atoms. The van der Waals surface area contributed by atoms with E-state index in [4.69, 9.17) is 15.2 Å². The number of amides is 1. The predicted molar refractivity (Wildman–Crippen MR) is 134 cm³/mol. The van der Waals surface area contributed by atoms with Crippen LogP contribution in [0.3, 0.4) is 0 Å². The number of nitrogens with zero attached hydrogens (tertiary/aromatic N) is 5. The van der Waals surface area contributed by atoms with Crippen LogP contribution in [0.15, 0.2) is 60.7 Å². The van der Waals surface area contributed by atoms with E-state index in [1.54, 1.807) is 13.8 Å². The number of nitrogens with two attached hydrogens (primary N) is 1. The number of para-hydroxylation sites is 1. The number of carbonyl (C=O) groups is 1. The van der Waals surface area contributed by atoms with Gasteiger partial charge >= 0.3 is 0 Å². The normalized spacial score (nSPS) is 13.4. The van der Waals surface area contributed by atoms with Gasteiger partial charge in [-0.2, -0.15) is 5.26 Å². The fourth-order valence-electron chi connectivity index (χ4n) is 3.46. The monoisotopic (exact) mass is 491 g/mol. The van der Waals surface area contributed by atoms with Gasteiger partial charge in [-0.1, -0.05) is 48.5 Å². The Morgan fingerprint density at radius 2 is 1.72 bits per heavy atom. The molecule has 0 fully saturated rings. The molecule has 0 bridgehead atoms. The molecule has 1 amide bonds. The maximum absolute atomic E-state index is 12.8. The second-order valence-corrected chi connectivity index (χ2v) is 9.56. The van der Waals surface area contributed by atoms with E-state index >= 15 is 0 Å². The molecule has 10 heteroatoms. The fourth-order valence-corrected chi connectivity index (χ4v) is 3.46. The zero-order chi connectivity index (χ0) is 26.2. The van der Waals surface area contributed by atoms with E-state index in [1.807, 2.05) is 74.5 Å². The molecule has 0 saturated carbocycles. The number of hydrogen-bond donors (Lipinski definition) is 2. The molecule has 0 aliphatic rings. The number of tetrazole rings is 1. The van der Waals surface area contributed by atoms with Gasteiger partial charge in [-0.05, 0) is 55.8 Å². The highest BCUT2D eigenvalue weighted by Crippen LogP contribution is 2.27. The van der Waals surface area contributed by atoms with Crippen molar-refractivity contribution in [2.75, 3.05) is 13.2 Å². The van der Waals surface area contributed by atoms with Crippen molar-refractivity contribution in [1.29, 1.82) is 5.26 Å². The van der Waals surface area contributed by atoms with E-state index in [1.165, 1.54) is 4.68 Å². The molecule has 1 aromatic heterocycles. The molecule has 0 aliphatic heterocycles. The quantitative estimate of drug-likeness (QED) is 0.394. The Balaban J connectivity index is 1.86. The van der Waals surface area contributed by atoms with Crippen molar-refractivity contribution >= 4 is 5.91 Å². The Morgan fingerprint density at radius 3 is 2.33 bits per heavy atom. The van der Waals surface area contributed by atoms with Gasteiger partial charge in [0, 0.05) is 0 Å². The van der Waals surface area contributed by atoms with Crippen molar-refractivity contribution < 1.29 is 14.3 Å². The van der Waals surface area contributed by atoms with Crippen molar-refractivity contribution in [3.8, 4) is 11.8 Å². The van der Waals surface area contributed by atoms with Crippen molar-refractivity contribution in [1.82, 2.24) is 25.5 Å². The highest BCUT2D eigenvalue weighted by Gasteiger charge is 2.32. The van der Waals surface area contributed by atoms with Crippen LogP contribution in [-0.4, -0.2) is 44.9 Å². The van der Waals surface area contributed by atoms with Gasteiger partial charge in [0.15, 0.2) is 5.82 Å². The van der Waals surface area contributed by atoms with E-state index in [0.717, 1.165) is 5.56 Å². The van der Waals surface area contributed by atoms with Crippen molar-refractivity contribution in [3.63, 3.8) is 0 Å². The molecule has 3 aromatic rings. The lowest BCUT2D eigenvalue weighted by Crippen LogP contribution is -2.51. The van der Waals surface area contributed by atoms with Gasteiger partial charge < -0.3 is 20.5 Å². The Kier molecular flexibility index (Phi) is 8.74. The number of carbonyl (C=O) groups excluding carboxylic acids is 1. The molecule has 3 rings (SSSR count). The van der Waals surface area contributed by atoms with Gasteiger partial charge in [0.25, 0.3) is 0 Å². The highest BCUT2D eigenvalue weighted by atomic mass is 16.5. The van der Waals surface area contributed by atoms with E-state index in [2.05, 4.69) is 26.9 Å². The second kappa shape index (κ2) is 11.7. The first-order valence-electron chi connectivity index (χ1n) is 11.7. The first-order chi connectivity index (χ1) is 17.1. The van der Waals surface area contributed by atoms with Gasteiger partial charge in [0.2, 0.25) is 5.91 Å². The molecule has 190 valence electrons. The van der Waals surface area contributed by atoms with Gasteiger partial charge in [0.1, 0.15) is 24.4 Å². The van der Waals surface area contributed by atoms with Crippen LogP contribution < -0.4 is 15.8 Å². The van der Waals surface area contributed by atoms with Crippen LogP contribution in [-0.2, 0) is 15.1 Å². The smallest absolute Gasteiger partial charge is 0.240 e. The summed E-state index contributed by atoms with van der Waals surface area (Å²) in [5.74, 6) is 0.617. The van der Waals surface area contributed by atoms with E-state index < -0.39 is 23.2 Å². The third kappa shape index (κ3) is 7.10.